The monoisotopic (exact) mass is 375 g/mol. The molecular formula is C20H19Cl2NO2. The molecule has 0 N–H and O–H groups in total. The Balaban J connectivity index is 2.04. The second kappa shape index (κ2) is 7.11. The predicted octanol–water partition coefficient (Wildman–Crippen LogP) is 5.84. The van der Waals surface area contributed by atoms with Crippen LogP contribution in [-0.2, 0) is 0 Å². The molecule has 0 saturated heterocycles. The predicted molar refractivity (Wildman–Crippen MR) is 102 cm³/mol. The molecule has 0 bridgehead atoms. The van der Waals surface area contributed by atoms with Crippen molar-refractivity contribution in [2.75, 3.05) is 7.11 Å². The summed E-state index contributed by atoms with van der Waals surface area (Å²) in [5.41, 5.74) is 2.62. The maximum Gasteiger partial charge on any atom is 0.255 e. The molecule has 3 nitrogen and oxygen atoms in total. The van der Waals surface area contributed by atoms with E-state index in [2.05, 4.69) is 6.58 Å². The first-order valence-corrected chi connectivity index (χ1v) is 8.80. The minimum absolute atomic E-state index is 0.00285. The van der Waals surface area contributed by atoms with Crippen LogP contribution in [0.4, 0.5) is 0 Å². The lowest BCUT2D eigenvalue weighted by atomic mass is 10.0. The quantitative estimate of drug-likeness (QED) is 0.614. The van der Waals surface area contributed by atoms with Crippen molar-refractivity contribution >= 4 is 29.1 Å². The van der Waals surface area contributed by atoms with E-state index < -0.39 is 0 Å². The molecule has 1 aliphatic rings. The highest BCUT2D eigenvalue weighted by atomic mass is 35.5. The number of methoxy groups -OCH3 is 1. The van der Waals surface area contributed by atoms with Crippen LogP contribution < -0.4 is 4.74 Å². The molecule has 25 heavy (non-hydrogen) atoms. The van der Waals surface area contributed by atoms with Gasteiger partial charge in [0.1, 0.15) is 5.75 Å². The first-order chi connectivity index (χ1) is 12.0. The number of ether oxygens (including phenoxy) is 1. The summed E-state index contributed by atoms with van der Waals surface area (Å²) in [6, 6.07) is 10.8. The molecule has 0 fully saturated rings. The van der Waals surface area contributed by atoms with E-state index in [-0.39, 0.29) is 18.0 Å². The Bertz CT molecular complexity index is 834. The van der Waals surface area contributed by atoms with Crippen LogP contribution in [-0.4, -0.2) is 17.9 Å². The van der Waals surface area contributed by atoms with Crippen LogP contribution >= 0.6 is 23.2 Å². The lowest BCUT2D eigenvalue weighted by molar-refractivity contribution is 0.0643. The molecule has 0 saturated carbocycles. The van der Waals surface area contributed by atoms with Crippen LogP contribution in [0.1, 0.15) is 46.9 Å². The number of amides is 1. The number of halogens is 2. The standard InChI is InChI=1S/C20H19Cl2NO2/c1-4-5-19(13-6-9-17(21)18(22)10-13)23-12(2)16-11-14(25-3)7-8-15(16)20(23)24/h4,6-12,19H,1,5H2,2-3H3. The Kier molecular flexibility index (Phi) is 5.07. The van der Waals surface area contributed by atoms with Crippen molar-refractivity contribution in [3.63, 3.8) is 0 Å². The molecule has 2 aromatic carbocycles. The number of benzene rings is 2. The smallest absolute Gasteiger partial charge is 0.255 e. The lowest BCUT2D eigenvalue weighted by Crippen LogP contribution is -2.31. The summed E-state index contributed by atoms with van der Waals surface area (Å²) in [5, 5.41) is 0.975. The van der Waals surface area contributed by atoms with Crippen LogP contribution in [0.5, 0.6) is 5.75 Å². The first-order valence-electron chi connectivity index (χ1n) is 8.04. The fourth-order valence-corrected chi connectivity index (χ4v) is 3.68. The van der Waals surface area contributed by atoms with Gasteiger partial charge in [-0.2, -0.15) is 0 Å². The van der Waals surface area contributed by atoms with Gasteiger partial charge in [-0.3, -0.25) is 4.79 Å². The molecule has 1 heterocycles. The van der Waals surface area contributed by atoms with Crippen molar-refractivity contribution in [3.05, 3.63) is 75.8 Å². The summed E-state index contributed by atoms with van der Waals surface area (Å²) in [7, 11) is 1.62. The fraction of sp³-hybridized carbons (Fsp3) is 0.250. The highest BCUT2D eigenvalue weighted by molar-refractivity contribution is 6.42. The lowest BCUT2D eigenvalue weighted by Gasteiger charge is -2.32. The number of hydrogen-bond acceptors (Lipinski definition) is 2. The second-order valence-corrected chi connectivity index (χ2v) is 6.87. The second-order valence-electron chi connectivity index (χ2n) is 6.06. The van der Waals surface area contributed by atoms with Crippen LogP contribution in [0, 0.1) is 0 Å². The molecule has 2 aromatic rings. The number of rotatable bonds is 5. The maximum atomic E-state index is 13.0. The highest BCUT2D eigenvalue weighted by Gasteiger charge is 2.38. The van der Waals surface area contributed by atoms with Gasteiger partial charge in [-0.15, -0.1) is 6.58 Å². The van der Waals surface area contributed by atoms with Gasteiger partial charge in [0.2, 0.25) is 0 Å². The van der Waals surface area contributed by atoms with Gasteiger partial charge in [0, 0.05) is 5.56 Å². The average Bonchev–Trinajstić information content (AvgIpc) is 2.86. The average molecular weight is 376 g/mol. The van der Waals surface area contributed by atoms with Gasteiger partial charge in [0.15, 0.2) is 0 Å². The molecule has 130 valence electrons. The summed E-state index contributed by atoms with van der Waals surface area (Å²) in [6.45, 7) is 5.87. The zero-order valence-corrected chi connectivity index (χ0v) is 15.6. The molecule has 0 aliphatic carbocycles. The summed E-state index contributed by atoms with van der Waals surface area (Å²) in [6.07, 6.45) is 2.44. The molecule has 0 spiro atoms. The Morgan fingerprint density at radius 3 is 2.64 bits per heavy atom. The van der Waals surface area contributed by atoms with Crippen molar-refractivity contribution < 1.29 is 9.53 Å². The molecule has 0 radical (unpaired) electrons. The van der Waals surface area contributed by atoms with E-state index in [4.69, 9.17) is 27.9 Å². The Morgan fingerprint density at radius 2 is 2.00 bits per heavy atom. The third-order valence-corrected chi connectivity index (χ3v) is 5.38. The summed E-state index contributed by atoms with van der Waals surface area (Å²) in [5.74, 6) is 0.748. The van der Waals surface area contributed by atoms with E-state index in [1.54, 1.807) is 13.2 Å². The Labute approximate surface area is 157 Å². The number of fused-ring (bicyclic) bond motifs is 1. The van der Waals surface area contributed by atoms with Gasteiger partial charge in [0.25, 0.3) is 5.91 Å². The third kappa shape index (κ3) is 3.14. The molecule has 3 rings (SSSR count). The highest BCUT2D eigenvalue weighted by Crippen LogP contribution is 2.43. The number of nitrogens with zero attached hydrogens (tertiary/aromatic N) is 1. The van der Waals surface area contributed by atoms with Crippen molar-refractivity contribution in [2.45, 2.75) is 25.4 Å². The van der Waals surface area contributed by atoms with Crippen LogP contribution in [0.2, 0.25) is 10.0 Å². The Morgan fingerprint density at radius 1 is 1.24 bits per heavy atom. The minimum Gasteiger partial charge on any atom is -0.497 e. The zero-order chi connectivity index (χ0) is 18.1. The normalized spacial score (nSPS) is 17.4. The van der Waals surface area contributed by atoms with E-state index >= 15 is 0 Å². The van der Waals surface area contributed by atoms with E-state index in [1.807, 2.05) is 48.2 Å². The van der Waals surface area contributed by atoms with E-state index in [1.165, 1.54) is 0 Å². The minimum atomic E-state index is -0.159. The van der Waals surface area contributed by atoms with Crippen molar-refractivity contribution in [1.29, 1.82) is 0 Å². The van der Waals surface area contributed by atoms with Crippen molar-refractivity contribution in [1.82, 2.24) is 4.90 Å². The molecule has 0 aromatic heterocycles. The van der Waals surface area contributed by atoms with Crippen LogP contribution in [0.15, 0.2) is 49.1 Å². The molecule has 1 aliphatic heterocycles. The van der Waals surface area contributed by atoms with Crippen molar-refractivity contribution in [2.24, 2.45) is 0 Å². The van der Waals surface area contributed by atoms with Crippen molar-refractivity contribution in [3.8, 4) is 5.75 Å². The van der Waals surface area contributed by atoms with Crippen LogP contribution in [0.3, 0.4) is 0 Å². The molecule has 5 heteroatoms. The summed E-state index contributed by atoms with van der Waals surface area (Å²) < 4.78 is 5.30. The summed E-state index contributed by atoms with van der Waals surface area (Å²) >= 11 is 12.2. The van der Waals surface area contributed by atoms with E-state index in [0.717, 1.165) is 16.9 Å². The molecule has 2 unspecified atom stereocenters. The SMILES string of the molecule is C=CCC(c1ccc(Cl)c(Cl)c1)N1C(=O)c2ccc(OC)cc2C1C. The molecule has 1 amide bonds. The van der Waals surface area contributed by atoms with Gasteiger partial charge in [-0.1, -0.05) is 35.3 Å². The zero-order valence-electron chi connectivity index (χ0n) is 14.1. The third-order valence-electron chi connectivity index (χ3n) is 4.65. The summed E-state index contributed by atoms with van der Waals surface area (Å²) in [4.78, 5) is 14.9. The van der Waals surface area contributed by atoms with Gasteiger partial charge in [0.05, 0.1) is 29.2 Å². The number of hydrogen-bond donors (Lipinski definition) is 0. The number of carbonyl (C=O) groups is 1. The van der Waals surface area contributed by atoms with E-state index in [0.29, 0.717) is 22.0 Å². The maximum absolute atomic E-state index is 13.0. The number of carbonyl (C=O) groups excluding carboxylic acids is 1. The van der Waals surface area contributed by atoms with Gasteiger partial charge in [-0.05, 0) is 54.8 Å². The fourth-order valence-electron chi connectivity index (χ4n) is 3.37. The Hall–Kier alpha value is -1.97. The van der Waals surface area contributed by atoms with E-state index in [9.17, 15) is 4.79 Å². The molecule has 2 atom stereocenters. The largest absolute Gasteiger partial charge is 0.497 e. The van der Waals surface area contributed by atoms with Gasteiger partial charge in [-0.25, -0.2) is 0 Å². The van der Waals surface area contributed by atoms with Crippen LogP contribution in [0.25, 0.3) is 0 Å². The first kappa shape index (κ1) is 17.8. The van der Waals surface area contributed by atoms with Gasteiger partial charge < -0.3 is 9.64 Å². The van der Waals surface area contributed by atoms with Gasteiger partial charge >= 0.3 is 0 Å². The molecular weight excluding hydrogens is 357 g/mol. The topological polar surface area (TPSA) is 29.5 Å².